The summed E-state index contributed by atoms with van der Waals surface area (Å²) in [7, 11) is -0.166. The van der Waals surface area contributed by atoms with Gasteiger partial charge >= 0.3 is 0 Å². The van der Waals surface area contributed by atoms with E-state index in [4.69, 9.17) is 9.57 Å². The average molecular weight is 419 g/mol. The van der Waals surface area contributed by atoms with Crippen molar-refractivity contribution in [2.24, 2.45) is 0 Å². The van der Waals surface area contributed by atoms with Crippen molar-refractivity contribution in [3.05, 3.63) is 65.2 Å². The van der Waals surface area contributed by atoms with Gasteiger partial charge in [-0.05, 0) is 35.1 Å². The Morgan fingerprint density at radius 2 is 1.86 bits per heavy atom. The maximum Gasteiger partial charge on any atom is 0.218 e. The molecule has 0 amide bonds. The fourth-order valence-corrected chi connectivity index (χ4v) is 5.21. The van der Waals surface area contributed by atoms with Crippen molar-refractivity contribution >= 4 is 10.0 Å². The number of hydroxylamine groups is 2. The molecule has 1 N–H and O–H groups in total. The molecule has 0 unspecified atom stereocenters. The first-order valence-corrected chi connectivity index (χ1v) is 11.4. The minimum atomic E-state index is -3.56. The summed E-state index contributed by atoms with van der Waals surface area (Å²) in [5.41, 5.74) is 3.14. The predicted molar refractivity (Wildman–Crippen MR) is 114 cm³/mol. The number of methoxy groups -OCH3 is 1. The van der Waals surface area contributed by atoms with Crippen molar-refractivity contribution in [1.82, 2.24) is 9.79 Å². The Morgan fingerprint density at radius 1 is 1.17 bits per heavy atom. The van der Waals surface area contributed by atoms with Gasteiger partial charge in [0.15, 0.2) is 0 Å². The van der Waals surface area contributed by atoms with Crippen molar-refractivity contribution < 1.29 is 18.0 Å². The SMILES string of the molecule is COc1ccccc1CCNS(=O)(=O)[C@H]1CON(C)[C@@H]1c1ccc(C(C)C)cc1. The summed E-state index contributed by atoms with van der Waals surface area (Å²) in [6.07, 6.45) is 0.556. The molecule has 0 saturated carbocycles. The third kappa shape index (κ3) is 4.98. The Hall–Kier alpha value is -1.93. The Bertz CT molecular complexity index is 913. The number of hydrogen-bond donors (Lipinski definition) is 1. The molecule has 0 aromatic heterocycles. The smallest absolute Gasteiger partial charge is 0.218 e. The van der Waals surface area contributed by atoms with Gasteiger partial charge in [-0.25, -0.2) is 13.1 Å². The van der Waals surface area contributed by atoms with Gasteiger partial charge in [0, 0.05) is 13.6 Å². The third-order valence-corrected chi connectivity index (χ3v) is 7.22. The highest BCUT2D eigenvalue weighted by molar-refractivity contribution is 7.90. The quantitative estimate of drug-likeness (QED) is 0.713. The van der Waals surface area contributed by atoms with E-state index in [1.807, 2.05) is 36.4 Å². The van der Waals surface area contributed by atoms with E-state index in [0.717, 1.165) is 16.9 Å². The number of ether oxygens (including phenoxy) is 1. The molecule has 1 fully saturated rings. The zero-order valence-electron chi connectivity index (χ0n) is 17.5. The van der Waals surface area contributed by atoms with Gasteiger partial charge in [0.2, 0.25) is 10.0 Å². The first kappa shape index (κ1) is 21.8. The van der Waals surface area contributed by atoms with E-state index in [0.29, 0.717) is 18.9 Å². The number of nitrogens with zero attached hydrogens (tertiary/aromatic N) is 1. The lowest BCUT2D eigenvalue weighted by Gasteiger charge is -2.23. The van der Waals surface area contributed by atoms with Gasteiger partial charge < -0.3 is 4.74 Å². The Kier molecular flexibility index (Phi) is 6.95. The second-order valence-electron chi connectivity index (χ2n) is 7.65. The lowest BCUT2D eigenvalue weighted by molar-refractivity contribution is -0.110. The highest BCUT2D eigenvalue weighted by Gasteiger charge is 2.43. The van der Waals surface area contributed by atoms with Crippen molar-refractivity contribution in [2.75, 3.05) is 27.3 Å². The number of hydrogen-bond acceptors (Lipinski definition) is 5. The zero-order chi connectivity index (χ0) is 21.0. The molecule has 2 aromatic carbocycles. The van der Waals surface area contributed by atoms with Crippen LogP contribution < -0.4 is 9.46 Å². The molecule has 1 heterocycles. The van der Waals surface area contributed by atoms with Crippen LogP contribution in [0.2, 0.25) is 0 Å². The Morgan fingerprint density at radius 3 is 2.52 bits per heavy atom. The van der Waals surface area contributed by atoms with E-state index in [2.05, 4.69) is 30.7 Å². The van der Waals surface area contributed by atoms with Crippen molar-refractivity contribution in [2.45, 2.75) is 37.5 Å². The number of para-hydroxylation sites is 1. The molecule has 29 heavy (non-hydrogen) atoms. The van der Waals surface area contributed by atoms with E-state index in [1.54, 1.807) is 19.2 Å². The second-order valence-corrected chi connectivity index (χ2v) is 9.63. The van der Waals surface area contributed by atoms with Crippen LogP contribution in [0.15, 0.2) is 48.5 Å². The Balaban J connectivity index is 1.71. The summed E-state index contributed by atoms with van der Waals surface area (Å²) in [4.78, 5) is 5.59. The lowest BCUT2D eigenvalue weighted by atomic mass is 9.98. The number of benzene rings is 2. The molecule has 0 bridgehead atoms. The number of sulfonamides is 1. The fraction of sp³-hybridized carbons (Fsp3) is 0.455. The molecular weight excluding hydrogens is 388 g/mol. The Labute approximate surface area is 173 Å². The molecule has 6 nitrogen and oxygen atoms in total. The number of nitrogens with one attached hydrogen (secondary N) is 1. The number of rotatable bonds is 8. The lowest BCUT2D eigenvalue weighted by Crippen LogP contribution is -2.40. The molecule has 1 aliphatic rings. The highest BCUT2D eigenvalue weighted by Crippen LogP contribution is 2.34. The van der Waals surface area contributed by atoms with Gasteiger partial charge in [-0.15, -0.1) is 0 Å². The predicted octanol–water partition coefficient (Wildman–Crippen LogP) is 3.27. The summed E-state index contributed by atoms with van der Waals surface area (Å²) >= 11 is 0. The van der Waals surface area contributed by atoms with E-state index in [1.165, 1.54) is 5.56 Å². The maximum absolute atomic E-state index is 13.0. The molecule has 0 aliphatic carbocycles. The molecule has 7 heteroatoms. The molecule has 2 atom stereocenters. The zero-order valence-corrected chi connectivity index (χ0v) is 18.3. The normalized spacial score (nSPS) is 20.3. The molecule has 1 aliphatic heterocycles. The van der Waals surface area contributed by atoms with Gasteiger partial charge in [0.25, 0.3) is 0 Å². The molecule has 158 valence electrons. The second kappa shape index (κ2) is 9.26. The van der Waals surface area contributed by atoms with Crippen LogP contribution in [0.4, 0.5) is 0 Å². The van der Waals surface area contributed by atoms with Crippen LogP contribution >= 0.6 is 0 Å². The van der Waals surface area contributed by atoms with Crippen LogP contribution in [-0.4, -0.2) is 46.0 Å². The summed E-state index contributed by atoms with van der Waals surface area (Å²) in [6.45, 7) is 4.72. The van der Waals surface area contributed by atoms with Crippen molar-refractivity contribution in [1.29, 1.82) is 0 Å². The van der Waals surface area contributed by atoms with Crippen LogP contribution in [0, 0.1) is 0 Å². The van der Waals surface area contributed by atoms with Crippen LogP contribution in [0.3, 0.4) is 0 Å². The minimum Gasteiger partial charge on any atom is -0.496 e. The molecule has 1 saturated heterocycles. The van der Waals surface area contributed by atoms with Crippen molar-refractivity contribution in [3.63, 3.8) is 0 Å². The molecule has 3 rings (SSSR count). The molecule has 0 radical (unpaired) electrons. The summed E-state index contributed by atoms with van der Waals surface area (Å²) in [5, 5.41) is 0.976. The van der Waals surface area contributed by atoms with Crippen LogP contribution in [-0.2, 0) is 21.3 Å². The van der Waals surface area contributed by atoms with Gasteiger partial charge in [-0.2, -0.15) is 5.06 Å². The first-order chi connectivity index (χ1) is 13.8. The highest BCUT2D eigenvalue weighted by atomic mass is 32.2. The van der Waals surface area contributed by atoms with Crippen molar-refractivity contribution in [3.8, 4) is 5.75 Å². The van der Waals surface area contributed by atoms with E-state index in [-0.39, 0.29) is 12.6 Å². The standard InChI is InChI=1S/C22H30N2O4S/c1-16(2)17-9-11-19(12-10-17)22-21(15-28-24(22)3)29(25,26)23-14-13-18-7-5-6-8-20(18)27-4/h5-12,16,21-23H,13-15H2,1-4H3/t21-,22+/m0/s1. The monoisotopic (exact) mass is 418 g/mol. The minimum absolute atomic E-state index is 0.136. The van der Waals surface area contributed by atoms with Gasteiger partial charge in [0.1, 0.15) is 11.0 Å². The average Bonchev–Trinajstić information content (AvgIpc) is 3.10. The van der Waals surface area contributed by atoms with Gasteiger partial charge in [0.05, 0.1) is 19.8 Å². The van der Waals surface area contributed by atoms with Crippen LogP contribution in [0.25, 0.3) is 0 Å². The first-order valence-electron chi connectivity index (χ1n) is 9.89. The summed E-state index contributed by atoms with van der Waals surface area (Å²) in [6, 6.07) is 15.4. The molecule has 2 aromatic rings. The fourth-order valence-electron chi connectivity index (χ4n) is 3.70. The van der Waals surface area contributed by atoms with E-state index < -0.39 is 15.3 Å². The molecule has 0 spiro atoms. The third-order valence-electron chi connectivity index (χ3n) is 5.42. The summed E-state index contributed by atoms with van der Waals surface area (Å²) in [5.74, 6) is 1.19. The molecular formula is C22H30N2O4S. The maximum atomic E-state index is 13.0. The van der Waals surface area contributed by atoms with E-state index in [9.17, 15) is 8.42 Å². The largest absolute Gasteiger partial charge is 0.496 e. The van der Waals surface area contributed by atoms with Gasteiger partial charge in [-0.1, -0.05) is 56.3 Å². The van der Waals surface area contributed by atoms with E-state index >= 15 is 0 Å². The van der Waals surface area contributed by atoms with Gasteiger partial charge in [-0.3, -0.25) is 4.84 Å². The van der Waals surface area contributed by atoms with Crippen LogP contribution in [0.5, 0.6) is 5.75 Å². The topological polar surface area (TPSA) is 67.9 Å². The van der Waals surface area contributed by atoms with Crippen LogP contribution in [0.1, 0.15) is 42.5 Å². The summed E-state index contributed by atoms with van der Waals surface area (Å²) < 4.78 is 34.2.